The van der Waals surface area contributed by atoms with E-state index in [9.17, 15) is 0 Å². The second-order valence-electron chi connectivity index (χ2n) is 4.86. The molecule has 1 aliphatic rings. The summed E-state index contributed by atoms with van der Waals surface area (Å²) in [6, 6.07) is 0. The molecular formula is C14H30N2O2. The Kier molecular flexibility index (Phi) is 9.48. The minimum absolute atomic E-state index is 0.449. The van der Waals surface area contributed by atoms with Crippen molar-refractivity contribution in [3.63, 3.8) is 0 Å². The Morgan fingerprint density at radius 3 is 2.94 bits per heavy atom. The predicted molar refractivity (Wildman–Crippen MR) is 75.1 cm³/mol. The van der Waals surface area contributed by atoms with E-state index in [4.69, 9.17) is 9.47 Å². The molecule has 1 aliphatic heterocycles. The second kappa shape index (κ2) is 10.7. The zero-order chi connectivity index (χ0) is 13.1. The van der Waals surface area contributed by atoms with Gasteiger partial charge in [-0.15, -0.1) is 0 Å². The van der Waals surface area contributed by atoms with Crippen molar-refractivity contribution in [2.45, 2.75) is 39.2 Å². The van der Waals surface area contributed by atoms with Gasteiger partial charge in [-0.3, -0.25) is 4.90 Å². The average molecular weight is 258 g/mol. The molecule has 0 aliphatic carbocycles. The fraction of sp³-hybridized carbons (Fsp3) is 1.00. The van der Waals surface area contributed by atoms with Crippen molar-refractivity contribution in [3.8, 4) is 0 Å². The van der Waals surface area contributed by atoms with Gasteiger partial charge in [-0.2, -0.15) is 0 Å². The molecule has 1 atom stereocenters. The maximum Gasteiger partial charge on any atom is 0.0700 e. The third kappa shape index (κ3) is 7.31. The van der Waals surface area contributed by atoms with Gasteiger partial charge < -0.3 is 14.8 Å². The normalized spacial score (nSPS) is 21.3. The molecule has 0 saturated carbocycles. The van der Waals surface area contributed by atoms with E-state index in [1.54, 1.807) is 0 Å². The Morgan fingerprint density at radius 2 is 2.17 bits per heavy atom. The maximum absolute atomic E-state index is 5.66. The first-order chi connectivity index (χ1) is 8.86. The summed E-state index contributed by atoms with van der Waals surface area (Å²) < 4.78 is 11.0. The monoisotopic (exact) mass is 258 g/mol. The number of nitrogens with zero attached hydrogens (tertiary/aromatic N) is 1. The standard InChI is InChI=1S/C14H30N2O2/c1-3-14-13-16(10-12-18-14)9-8-15-7-5-6-11-17-4-2/h14-15H,3-13H2,1-2H3. The van der Waals surface area contributed by atoms with Gasteiger partial charge >= 0.3 is 0 Å². The minimum Gasteiger partial charge on any atom is -0.382 e. The molecule has 0 bridgehead atoms. The number of hydrogen-bond acceptors (Lipinski definition) is 4. The molecule has 0 spiro atoms. The Bertz CT molecular complexity index is 191. The molecule has 4 nitrogen and oxygen atoms in total. The van der Waals surface area contributed by atoms with Crippen LogP contribution in [0.15, 0.2) is 0 Å². The molecule has 0 aromatic carbocycles. The van der Waals surface area contributed by atoms with Gasteiger partial charge in [0.2, 0.25) is 0 Å². The number of unbranched alkanes of at least 4 members (excludes halogenated alkanes) is 1. The number of rotatable bonds is 10. The van der Waals surface area contributed by atoms with Crippen molar-refractivity contribution in [2.24, 2.45) is 0 Å². The predicted octanol–water partition coefficient (Wildman–Crippen LogP) is 1.50. The zero-order valence-electron chi connectivity index (χ0n) is 12.1. The van der Waals surface area contributed by atoms with Gasteiger partial charge in [0.05, 0.1) is 12.7 Å². The summed E-state index contributed by atoms with van der Waals surface area (Å²) in [4.78, 5) is 2.50. The highest BCUT2D eigenvalue weighted by molar-refractivity contribution is 4.70. The zero-order valence-corrected chi connectivity index (χ0v) is 12.1. The third-order valence-corrected chi connectivity index (χ3v) is 3.38. The van der Waals surface area contributed by atoms with E-state index in [-0.39, 0.29) is 0 Å². The van der Waals surface area contributed by atoms with Gasteiger partial charge in [0.1, 0.15) is 0 Å². The van der Waals surface area contributed by atoms with Gasteiger partial charge in [0, 0.05) is 39.4 Å². The highest BCUT2D eigenvalue weighted by atomic mass is 16.5. The highest BCUT2D eigenvalue weighted by Gasteiger charge is 2.17. The van der Waals surface area contributed by atoms with Crippen LogP contribution in [0.4, 0.5) is 0 Å². The second-order valence-corrected chi connectivity index (χ2v) is 4.86. The van der Waals surface area contributed by atoms with Crippen LogP contribution < -0.4 is 5.32 Å². The lowest BCUT2D eigenvalue weighted by molar-refractivity contribution is -0.0290. The lowest BCUT2D eigenvalue weighted by Gasteiger charge is -2.32. The van der Waals surface area contributed by atoms with E-state index in [0.29, 0.717) is 6.10 Å². The number of nitrogens with one attached hydrogen (secondary N) is 1. The molecule has 1 fully saturated rings. The van der Waals surface area contributed by atoms with E-state index in [1.807, 2.05) is 6.92 Å². The summed E-state index contributed by atoms with van der Waals surface area (Å²) in [7, 11) is 0. The molecule has 1 unspecified atom stereocenters. The Hall–Kier alpha value is -0.160. The molecule has 18 heavy (non-hydrogen) atoms. The van der Waals surface area contributed by atoms with Gasteiger partial charge in [-0.05, 0) is 32.7 Å². The molecule has 1 rings (SSSR count). The first-order valence-corrected chi connectivity index (χ1v) is 7.49. The summed E-state index contributed by atoms with van der Waals surface area (Å²) in [6.07, 6.45) is 3.95. The van der Waals surface area contributed by atoms with Crippen LogP contribution in [-0.4, -0.2) is 63.5 Å². The van der Waals surface area contributed by atoms with Crippen molar-refractivity contribution in [2.75, 3.05) is 52.5 Å². The van der Waals surface area contributed by atoms with Crippen LogP contribution in [0, 0.1) is 0 Å². The lowest BCUT2D eigenvalue weighted by atomic mass is 10.2. The van der Waals surface area contributed by atoms with E-state index < -0.39 is 0 Å². The molecule has 0 amide bonds. The largest absolute Gasteiger partial charge is 0.382 e. The Balaban J connectivity index is 1.88. The van der Waals surface area contributed by atoms with Crippen LogP contribution in [-0.2, 0) is 9.47 Å². The molecule has 108 valence electrons. The molecular weight excluding hydrogens is 228 g/mol. The minimum atomic E-state index is 0.449. The van der Waals surface area contributed by atoms with Gasteiger partial charge in [-0.25, -0.2) is 0 Å². The van der Waals surface area contributed by atoms with E-state index in [0.717, 1.165) is 65.4 Å². The Labute approximate surface area is 112 Å². The SMILES string of the molecule is CCOCCCCNCCN1CCOC(CC)C1. The summed E-state index contributed by atoms with van der Waals surface area (Å²) in [5, 5.41) is 3.50. The molecule has 0 aromatic rings. The molecule has 4 heteroatoms. The molecule has 0 aromatic heterocycles. The quantitative estimate of drug-likeness (QED) is 0.602. The van der Waals surface area contributed by atoms with E-state index >= 15 is 0 Å². The van der Waals surface area contributed by atoms with Gasteiger partial charge in [-0.1, -0.05) is 6.92 Å². The average Bonchev–Trinajstić information content (AvgIpc) is 2.42. The number of morpholine rings is 1. The van der Waals surface area contributed by atoms with Crippen molar-refractivity contribution < 1.29 is 9.47 Å². The van der Waals surface area contributed by atoms with E-state index in [2.05, 4.69) is 17.1 Å². The smallest absolute Gasteiger partial charge is 0.0700 e. The van der Waals surface area contributed by atoms with Crippen LogP contribution >= 0.6 is 0 Å². The van der Waals surface area contributed by atoms with Crippen LogP contribution in [0.25, 0.3) is 0 Å². The number of hydrogen-bond donors (Lipinski definition) is 1. The maximum atomic E-state index is 5.66. The van der Waals surface area contributed by atoms with Crippen LogP contribution in [0.5, 0.6) is 0 Å². The van der Waals surface area contributed by atoms with Gasteiger partial charge in [0.15, 0.2) is 0 Å². The molecule has 1 N–H and O–H groups in total. The van der Waals surface area contributed by atoms with Crippen molar-refractivity contribution in [3.05, 3.63) is 0 Å². The Morgan fingerprint density at radius 1 is 1.28 bits per heavy atom. The van der Waals surface area contributed by atoms with Gasteiger partial charge in [0.25, 0.3) is 0 Å². The first-order valence-electron chi connectivity index (χ1n) is 7.49. The van der Waals surface area contributed by atoms with Crippen molar-refractivity contribution >= 4 is 0 Å². The number of ether oxygens (including phenoxy) is 2. The van der Waals surface area contributed by atoms with E-state index in [1.165, 1.54) is 6.42 Å². The molecule has 0 radical (unpaired) electrons. The van der Waals surface area contributed by atoms with Crippen LogP contribution in [0.2, 0.25) is 0 Å². The van der Waals surface area contributed by atoms with Crippen molar-refractivity contribution in [1.82, 2.24) is 10.2 Å². The van der Waals surface area contributed by atoms with Crippen LogP contribution in [0.1, 0.15) is 33.1 Å². The summed E-state index contributed by atoms with van der Waals surface area (Å²) in [6.45, 7) is 12.4. The van der Waals surface area contributed by atoms with Crippen LogP contribution in [0.3, 0.4) is 0 Å². The topological polar surface area (TPSA) is 33.7 Å². The lowest BCUT2D eigenvalue weighted by Crippen LogP contribution is -2.44. The fourth-order valence-corrected chi connectivity index (χ4v) is 2.19. The van der Waals surface area contributed by atoms with Crippen molar-refractivity contribution in [1.29, 1.82) is 0 Å². The summed E-state index contributed by atoms with van der Waals surface area (Å²) in [5.41, 5.74) is 0. The molecule has 1 heterocycles. The highest BCUT2D eigenvalue weighted by Crippen LogP contribution is 2.07. The first kappa shape index (κ1) is 15.9. The summed E-state index contributed by atoms with van der Waals surface area (Å²) >= 11 is 0. The third-order valence-electron chi connectivity index (χ3n) is 3.38. The summed E-state index contributed by atoms with van der Waals surface area (Å²) in [5.74, 6) is 0. The fourth-order valence-electron chi connectivity index (χ4n) is 2.19. The molecule has 1 saturated heterocycles.